The van der Waals surface area contributed by atoms with Gasteiger partial charge >= 0.3 is 5.97 Å². The molecule has 0 unspecified atom stereocenters. The van der Waals surface area contributed by atoms with Crippen LogP contribution >= 0.6 is 34.7 Å². The summed E-state index contributed by atoms with van der Waals surface area (Å²) in [6, 6.07) is 7.45. The number of oxazole rings is 1. The zero-order valence-corrected chi connectivity index (χ0v) is 12.5. The summed E-state index contributed by atoms with van der Waals surface area (Å²) in [7, 11) is 1.30. The molecule has 0 saturated carbocycles. The number of esters is 1. The molecular weight excluding hydrogens is 320 g/mol. The third kappa shape index (κ3) is 2.52. The Labute approximate surface area is 126 Å². The van der Waals surface area contributed by atoms with Crippen molar-refractivity contribution < 1.29 is 13.9 Å². The summed E-state index contributed by atoms with van der Waals surface area (Å²) in [6.07, 6.45) is 0. The molecule has 1 aromatic carbocycles. The number of fused-ring (bicyclic) bond motifs is 1. The molecule has 0 aliphatic carbocycles. The summed E-state index contributed by atoms with van der Waals surface area (Å²) >= 11 is 8.25. The summed E-state index contributed by atoms with van der Waals surface area (Å²) in [5.41, 5.74) is 1.47. The van der Waals surface area contributed by atoms with Gasteiger partial charge in [-0.15, -0.1) is 0 Å². The molecule has 0 bridgehead atoms. The highest BCUT2D eigenvalue weighted by Crippen LogP contribution is 2.35. The number of benzene rings is 1. The van der Waals surface area contributed by atoms with Crippen LogP contribution in [0.25, 0.3) is 11.1 Å². The summed E-state index contributed by atoms with van der Waals surface area (Å²) in [6.45, 7) is 0. The number of carbonyl (C=O) groups is 1. The largest absolute Gasteiger partial charge is 0.465 e. The van der Waals surface area contributed by atoms with Gasteiger partial charge in [0.05, 0.1) is 7.11 Å². The van der Waals surface area contributed by atoms with Gasteiger partial charge < -0.3 is 9.15 Å². The third-order valence-corrected chi connectivity index (χ3v) is 4.72. The first-order chi connectivity index (χ1) is 9.67. The lowest BCUT2D eigenvalue weighted by Crippen LogP contribution is -1.98. The molecule has 3 aromatic rings. The van der Waals surface area contributed by atoms with Crippen molar-refractivity contribution in [3.05, 3.63) is 34.3 Å². The first-order valence-electron chi connectivity index (χ1n) is 5.45. The monoisotopic (exact) mass is 326 g/mol. The predicted octanol–water partition coefficient (Wildman–Crippen LogP) is 3.88. The standard InChI is InChI=1S/C12H7ClN2O3S2/c1-17-10(16)8-9(13)15-12(19-8)20-11-14-6-4-2-3-5-7(6)18-11/h2-5H,1H3. The second-order valence-electron chi connectivity index (χ2n) is 3.64. The van der Waals surface area contributed by atoms with Gasteiger partial charge in [-0.3, -0.25) is 0 Å². The molecule has 0 aliphatic heterocycles. The second-order valence-corrected chi connectivity index (χ2v) is 6.20. The minimum Gasteiger partial charge on any atom is -0.465 e. The molecule has 0 saturated heterocycles. The van der Waals surface area contributed by atoms with Crippen LogP contribution in [0.2, 0.25) is 5.15 Å². The second kappa shape index (κ2) is 5.43. The van der Waals surface area contributed by atoms with Crippen molar-refractivity contribution in [1.29, 1.82) is 0 Å². The lowest BCUT2D eigenvalue weighted by atomic mass is 10.3. The van der Waals surface area contributed by atoms with E-state index in [0.717, 1.165) is 16.9 Å². The van der Waals surface area contributed by atoms with Crippen molar-refractivity contribution in [3.63, 3.8) is 0 Å². The molecule has 3 rings (SSSR count). The molecule has 0 amide bonds. The number of thiazole rings is 1. The molecule has 2 heterocycles. The molecule has 0 N–H and O–H groups in total. The fourth-order valence-electron chi connectivity index (χ4n) is 1.51. The van der Waals surface area contributed by atoms with Gasteiger partial charge in [0.2, 0.25) is 0 Å². The number of nitrogens with zero attached hydrogens (tertiary/aromatic N) is 2. The van der Waals surface area contributed by atoms with Crippen LogP contribution in [0, 0.1) is 0 Å². The maximum Gasteiger partial charge on any atom is 0.351 e. The zero-order chi connectivity index (χ0) is 14.1. The number of aromatic nitrogens is 2. The number of para-hydroxylation sites is 2. The summed E-state index contributed by atoms with van der Waals surface area (Å²) < 4.78 is 10.8. The van der Waals surface area contributed by atoms with Crippen LogP contribution in [0.3, 0.4) is 0 Å². The Morgan fingerprint density at radius 3 is 2.95 bits per heavy atom. The molecule has 0 aliphatic rings. The molecule has 0 radical (unpaired) electrons. The number of carbonyl (C=O) groups excluding carboxylic acids is 1. The highest BCUT2D eigenvalue weighted by Gasteiger charge is 2.19. The molecule has 20 heavy (non-hydrogen) atoms. The fraction of sp³-hybridized carbons (Fsp3) is 0.0833. The summed E-state index contributed by atoms with van der Waals surface area (Å²) in [5.74, 6) is -0.503. The number of rotatable bonds is 3. The lowest BCUT2D eigenvalue weighted by molar-refractivity contribution is 0.0606. The molecule has 0 fully saturated rings. The molecule has 0 spiro atoms. The van der Waals surface area contributed by atoms with Gasteiger partial charge in [-0.25, -0.2) is 14.8 Å². The number of methoxy groups -OCH3 is 1. The maximum absolute atomic E-state index is 11.5. The average Bonchev–Trinajstić information content (AvgIpc) is 3.01. The predicted molar refractivity (Wildman–Crippen MR) is 76.6 cm³/mol. The number of hydrogen-bond donors (Lipinski definition) is 0. The van der Waals surface area contributed by atoms with Crippen LogP contribution in [-0.2, 0) is 4.74 Å². The van der Waals surface area contributed by atoms with E-state index >= 15 is 0 Å². The van der Waals surface area contributed by atoms with E-state index in [1.807, 2.05) is 24.3 Å². The smallest absolute Gasteiger partial charge is 0.351 e. The van der Waals surface area contributed by atoms with Gasteiger partial charge in [-0.2, -0.15) is 0 Å². The SMILES string of the molecule is COC(=O)c1sc(Sc2nc3ccccc3o2)nc1Cl. The Morgan fingerprint density at radius 1 is 1.40 bits per heavy atom. The van der Waals surface area contributed by atoms with E-state index in [9.17, 15) is 4.79 Å². The summed E-state index contributed by atoms with van der Waals surface area (Å²) in [5, 5.41) is 0.577. The Bertz CT molecular complexity index is 751. The fourth-order valence-corrected chi connectivity index (χ4v) is 3.69. The van der Waals surface area contributed by atoms with Crippen LogP contribution in [-0.4, -0.2) is 23.0 Å². The Hall–Kier alpha value is -1.57. The van der Waals surface area contributed by atoms with Gasteiger partial charge in [-0.05, 0) is 12.1 Å². The minimum atomic E-state index is -0.503. The molecule has 2 aromatic heterocycles. The van der Waals surface area contributed by atoms with Gasteiger partial charge in [0.15, 0.2) is 20.0 Å². The van der Waals surface area contributed by atoms with E-state index in [1.54, 1.807) is 0 Å². The van der Waals surface area contributed by atoms with Crippen molar-refractivity contribution in [2.24, 2.45) is 0 Å². The normalized spacial score (nSPS) is 10.9. The maximum atomic E-state index is 11.5. The number of halogens is 1. The quantitative estimate of drug-likeness (QED) is 0.681. The van der Waals surface area contributed by atoms with Gasteiger partial charge in [0, 0.05) is 11.8 Å². The number of ether oxygens (including phenoxy) is 1. The van der Waals surface area contributed by atoms with E-state index < -0.39 is 5.97 Å². The van der Waals surface area contributed by atoms with Crippen LogP contribution in [0.5, 0.6) is 0 Å². The van der Waals surface area contributed by atoms with Crippen LogP contribution < -0.4 is 0 Å². The van der Waals surface area contributed by atoms with Gasteiger partial charge in [0.1, 0.15) is 5.52 Å². The third-order valence-electron chi connectivity index (χ3n) is 2.39. The van der Waals surface area contributed by atoms with Crippen LogP contribution in [0.15, 0.2) is 38.2 Å². The Kier molecular flexibility index (Phi) is 3.64. The van der Waals surface area contributed by atoms with E-state index in [4.69, 9.17) is 16.0 Å². The van der Waals surface area contributed by atoms with Gasteiger partial charge in [-0.1, -0.05) is 35.1 Å². The first kappa shape index (κ1) is 13.4. The van der Waals surface area contributed by atoms with Crippen molar-refractivity contribution in [3.8, 4) is 0 Å². The highest BCUT2D eigenvalue weighted by molar-refractivity contribution is 8.00. The molecule has 102 valence electrons. The molecular formula is C12H7ClN2O3S2. The highest BCUT2D eigenvalue weighted by atomic mass is 35.5. The number of hydrogen-bond acceptors (Lipinski definition) is 7. The Morgan fingerprint density at radius 2 is 2.20 bits per heavy atom. The van der Waals surface area contributed by atoms with E-state index in [1.165, 1.54) is 18.9 Å². The van der Waals surface area contributed by atoms with E-state index in [2.05, 4.69) is 14.7 Å². The topological polar surface area (TPSA) is 65.2 Å². The minimum absolute atomic E-state index is 0.125. The lowest BCUT2D eigenvalue weighted by Gasteiger charge is -1.92. The van der Waals surface area contributed by atoms with Crippen molar-refractivity contribution in [2.75, 3.05) is 7.11 Å². The summed E-state index contributed by atoms with van der Waals surface area (Å²) in [4.78, 5) is 20.1. The van der Waals surface area contributed by atoms with Crippen molar-refractivity contribution in [1.82, 2.24) is 9.97 Å². The van der Waals surface area contributed by atoms with Crippen molar-refractivity contribution in [2.45, 2.75) is 9.56 Å². The zero-order valence-electron chi connectivity index (χ0n) is 10.1. The van der Waals surface area contributed by atoms with Crippen LogP contribution in [0.1, 0.15) is 9.67 Å². The van der Waals surface area contributed by atoms with E-state index in [0.29, 0.717) is 15.1 Å². The van der Waals surface area contributed by atoms with Crippen LogP contribution in [0.4, 0.5) is 0 Å². The van der Waals surface area contributed by atoms with E-state index in [-0.39, 0.29) is 10.0 Å². The van der Waals surface area contributed by atoms with Gasteiger partial charge in [0.25, 0.3) is 5.22 Å². The molecule has 8 heteroatoms. The average molecular weight is 327 g/mol. The Balaban J connectivity index is 1.89. The van der Waals surface area contributed by atoms with Crippen molar-refractivity contribution >= 4 is 51.8 Å². The molecule has 5 nitrogen and oxygen atoms in total. The molecule has 0 atom stereocenters. The first-order valence-corrected chi connectivity index (χ1v) is 7.46.